The maximum absolute atomic E-state index is 11.8. The number of anilines is 1. The molecule has 10 heteroatoms. The van der Waals surface area contributed by atoms with Crippen molar-refractivity contribution in [2.75, 3.05) is 11.9 Å². The van der Waals surface area contributed by atoms with Crippen molar-refractivity contribution in [3.63, 3.8) is 0 Å². The number of furan rings is 1. The van der Waals surface area contributed by atoms with E-state index >= 15 is 0 Å². The van der Waals surface area contributed by atoms with Gasteiger partial charge in [-0.25, -0.2) is 14.0 Å². The molecule has 22 heavy (non-hydrogen) atoms. The molecule has 116 valence electrons. The van der Waals surface area contributed by atoms with Crippen LogP contribution in [0.3, 0.4) is 0 Å². The van der Waals surface area contributed by atoms with E-state index in [0.29, 0.717) is 23.1 Å². The molecule has 0 fully saturated rings. The van der Waals surface area contributed by atoms with Crippen molar-refractivity contribution in [1.29, 1.82) is 0 Å². The van der Waals surface area contributed by atoms with Crippen LogP contribution in [0, 0.1) is 0 Å². The van der Waals surface area contributed by atoms with E-state index in [1.807, 2.05) is 6.92 Å². The molecule has 9 nitrogen and oxygen atoms in total. The summed E-state index contributed by atoms with van der Waals surface area (Å²) in [5.74, 6) is 0.418. The van der Waals surface area contributed by atoms with Crippen molar-refractivity contribution < 1.29 is 13.6 Å². The smallest absolute Gasteiger partial charge is 0.442 e. The second kappa shape index (κ2) is 6.06. The minimum absolute atomic E-state index is 0.102. The molecule has 1 N–H and O–H groups in total. The number of rotatable bonds is 6. The number of hydrogen-bond donors (Lipinski definition) is 1. The maximum Gasteiger partial charge on any atom is 0.442 e. The minimum Gasteiger partial charge on any atom is -0.466 e. The monoisotopic (exact) mass is 325 g/mol. The van der Waals surface area contributed by atoms with Gasteiger partial charge in [0.25, 0.3) is 0 Å². The van der Waals surface area contributed by atoms with Crippen molar-refractivity contribution in [2.45, 2.75) is 19.9 Å². The third-order valence-corrected chi connectivity index (χ3v) is 3.06. The lowest BCUT2D eigenvalue weighted by atomic mass is 10.3. The Bertz CT molecular complexity index is 817. The van der Waals surface area contributed by atoms with Crippen LogP contribution in [-0.2, 0) is 6.54 Å². The summed E-state index contributed by atoms with van der Waals surface area (Å²) in [5, 5.41) is 14.7. The first-order chi connectivity index (χ1) is 10.7. The second-order valence-electron chi connectivity index (χ2n) is 4.48. The van der Waals surface area contributed by atoms with Crippen LogP contribution in [0.1, 0.15) is 19.1 Å². The molecule has 0 saturated carbocycles. The van der Waals surface area contributed by atoms with Gasteiger partial charge in [-0.3, -0.25) is 4.52 Å². The van der Waals surface area contributed by atoms with Crippen LogP contribution >= 0.6 is 11.6 Å². The molecule has 0 aliphatic rings. The molecule has 0 aromatic carbocycles. The quantitative estimate of drug-likeness (QED) is 0.732. The first kappa shape index (κ1) is 14.4. The number of hydrogen-bond acceptors (Lipinski definition) is 8. The van der Waals surface area contributed by atoms with Crippen LogP contribution in [-0.4, -0.2) is 26.6 Å². The summed E-state index contributed by atoms with van der Waals surface area (Å²) in [6.45, 7) is 2.79. The molecule has 0 aliphatic carbocycles. The molecule has 3 heterocycles. The highest BCUT2D eigenvalue weighted by molar-refractivity contribution is 6.30. The van der Waals surface area contributed by atoms with Gasteiger partial charge in [-0.15, -0.1) is 0 Å². The highest BCUT2D eigenvalue weighted by atomic mass is 35.5. The molecule has 0 atom stereocenters. The normalized spacial score (nSPS) is 11.0. The van der Waals surface area contributed by atoms with Crippen LogP contribution in [0.5, 0.6) is 0 Å². The Morgan fingerprint density at radius 1 is 1.36 bits per heavy atom. The lowest BCUT2D eigenvalue weighted by molar-refractivity contribution is 0.309. The van der Waals surface area contributed by atoms with E-state index in [9.17, 15) is 4.79 Å². The van der Waals surface area contributed by atoms with Gasteiger partial charge in [0.1, 0.15) is 12.0 Å². The number of aromatic nitrogens is 4. The average Bonchev–Trinajstić information content (AvgIpc) is 3.20. The topological polar surface area (TPSA) is 112 Å². The molecule has 0 bridgehead atoms. The first-order valence-electron chi connectivity index (χ1n) is 6.55. The van der Waals surface area contributed by atoms with E-state index < -0.39 is 5.76 Å². The molecule has 0 unspecified atom stereocenters. The van der Waals surface area contributed by atoms with E-state index in [0.717, 1.165) is 6.42 Å². The molecule has 0 amide bonds. The van der Waals surface area contributed by atoms with E-state index in [1.165, 1.54) is 10.8 Å². The van der Waals surface area contributed by atoms with Gasteiger partial charge in [-0.05, 0) is 16.7 Å². The zero-order valence-electron chi connectivity index (χ0n) is 11.6. The van der Waals surface area contributed by atoms with Gasteiger partial charge >= 0.3 is 5.76 Å². The fourth-order valence-corrected chi connectivity index (χ4v) is 2.03. The molecular weight excluding hydrogens is 314 g/mol. The van der Waals surface area contributed by atoms with E-state index in [2.05, 4.69) is 20.8 Å². The summed E-state index contributed by atoms with van der Waals surface area (Å²) < 4.78 is 15.9. The third kappa shape index (κ3) is 2.75. The van der Waals surface area contributed by atoms with Crippen LogP contribution in [0.25, 0.3) is 11.5 Å². The number of halogens is 1. The van der Waals surface area contributed by atoms with Gasteiger partial charge in [0, 0.05) is 12.6 Å². The van der Waals surface area contributed by atoms with Gasteiger partial charge in [-0.2, -0.15) is 0 Å². The Morgan fingerprint density at radius 3 is 2.95 bits per heavy atom. The van der Waals surface area contributed by atoms with Gasteiger partial charge in [0.05, 0.1) is 11.6 Å². The molecule has 3 aromatic heterocycles. The summed E-state index contributed by atoms with van der Waals surface area (Å²) in [6.07, 6.45) is 2.27. The number of nitrogens with one attached hydrogen (secondary N) is 1. The Hall–Kier alpha value is -2.55. The van der Waals surface area contributed by atoms with Gasteiger partial charge in [0.2, 0.25) is 11.6 Å². The van der Waals surface area contributed by atoms with Crippen molar-refractivity contribution >= 4 is 17.4 Å². The highest BCUT2D eigenvalue weighted by Crippen LogP contribution is 2.23. The number of nitrogens with zero attached hydrogens (tertiary/aromatic N) is 4. The van der Waals surface area contributed by atoms with Crippen LogP contribution in [0.15, 0.2) is 30.7 Å². The molecule has 3 rings (SSSR count). The van der Waals surface area contributed by atoms with Gasteiger partial charge < -0.3 is 9.73 Å². The van der Waals surface area contributed by atoms with Gasteiger partial charge in [-0.1, -0.05) is 23.7 Å². The van der Waals surface area contributed by atoms with Crippen molar-refractivity contribution in [3.8, 4) is 11.5 Å². The summed E-state index contributed by atoms with van der Waals surface area (Å²) in [5.41, 5.74) is 0.289. The average molecular weight is 326 g/mol. The van der Waals surface area contributed by atoms with Crippen LogP contribution in [0.2, 0.25) is 5.02 Å². The lowest BCUT2D eigenvalue weighted by Gasteiger charge is -2.02. The van der Waals surface area contributed by atoms with Crippen LogP contribution in [0.4, 0.5) is 5.82 Å². The Balaban J connectivity index is 1.95. The highest BCUT2D eigenvalue weighted by Gasteiger charge is 2.22. The maximum atomic E-state index is 11.8. The van der Waals surface area contributed by atoms with E-state index in [-0.39, 0.29) is 18.1 Å². The summed E-state index contributed by atoms with van der Waals surface area (Å²) >= 11 is 5.79. The standard InChI is InChI=1S/C12H12ClN5O4/c1-2-3-14-10-9(15-22-16-10)11-17-21-12(19)18(11)5-8-4-7(13)6-20-8/h4,6H,2-3,5H2,1H3,(H,14,16). The zero-order valence-corrected chi connectivity index (χ0v) is 12.3. The van der Waals surface area contributed by atoms with Crippen LogP contribution < -0.4 is 11.1 Å². The first-order valence-corrected chi connectivity index (χ1v) is 6.93. The summed E-state index contributed by atoms with van der Waals surface area (Å²) in [4.78, 5) is 11.8. The minimum atomic E-state index is -0.646. The fourth-order valence-electron chi connectivity index (χ4n) is 1.87. The molecule has 0 aliphatic heterocycles. The fraction of sp³-hybridized carbons (Fsp3) is 0.333. The second-order valence-corrected chi connectivity index (χ2v) is 4.91. The SMILES string of the molecule is CCCNc1nonc1-c1noc(=O)n1Cc1cc(Cl)co1. The predicted octanol–water partition coefficient (Wildman–Crippen LogP) is 2.00. The third-order valence-electron chi connectivity index (χ3n) is 2.86. The predicted molar refractivity (Wildman–Crippen MR) is 75.7 cm³/mol. The van der Waals surface area contributed by atoms with Crippen molar-refractivity contribution in [3.05, 3.63) is 33.7 Å². The largest absolute Gasteiger partial charge is 0.466 e. The Morgan fingerprint density at radius 2 is 2.23 bits per heavy atom. The molecule has 0 spiro atoms. The zero-order chi connectivity index (χ0) is 15.5. The van der Waals surface area contributed by atoms with E-state index in [1.54, 1.807) is 6.07 Å². The van der Waals surface area contributed by atoms with Gasteiger partial charge in [0.15, 0.2) is 5.69 Å². The molecule has 0 saturated heterocycles. The van der Waals surface area contributed by atoms with E-state index in [4.69, 9.17) is 25.2 Å². The molecule has 0 radical (unpaired) electrons. The Kier molecular flexibility index (Phi) is 3.96. The summed E-state index contributed by atoms with van der Waals surface area (Å²) in [7, 11) is 0. The lowest BCUT2D eigenvalue weighted by Crippen LogP contribution is -2.16. The molecule has 3 aromatic rings. The van der Waals surface area contributed by atoms with Crippen molar-refractivity contribution in [2.24, 2.45) is 0 Å². The molecular formula is C12H12ClN5O4. The Labute approximate surface area is 128 Å². The van der Waals surface area contributed by atoms with Crippen molar-refractivity contribution in [1.82, 2.24) is 20.0 Å². The summed E-state index contributed by atoms with van der Waals surface area (Å²) in [6, 6.07) is 1.60.